The number of nitrogens with zero attached hydrogens (tertiary/aromatic N) is 1. The zero-order chi connectivity index (χ0) is 11.8. The van der Waals surface area contributed by atoms with Crippen molar-refractivity contribution in [1.29, 1.82) is 0 Å². The molecule has 0 unspecified atom stereocenters. The molecule has 2 N–H and O–H groups in total. The summed E-state index contributed by atoms with van der Waals surface area (Å²) in [4.78, 5) is 2.17. The topological polar surface area (TPSA) is 43.7 Å². The predicted octanol–water partition coefficient (Wildman–Crippen LogP) is 1.43. The number of aliphatic hydroxyl groups is 2. The first-order valence-corrected chi connectivity index (χ1v) is 5.88. The molecule has 0 aliphatic rings. The second-order valence-electron chi connectivity index (χ2n) is 3.81. The number of benzene rings is 1. The first-order valence-electron chi connectivity index (χ1n) is 5.88. The summed E-state index contributed by atoms with van der Waals surface area (Å²) in [6.45, 7) is 4.03. The van der Waals surface area contributed by atoms with E-state index in [4.69, 9.17) is 10.2 Å². The number of hydrogen-bond acceptors (Lipinski definition) is 3. The molecule has 90 valence electrons. The molecule has 0 heterocycles. The van der Waals surface area contributed by atoms with E-state index in [1.807, 2.05) is 18.2 Å². The Morgan fingerprint density at radius 1 is 1.06 bits per heavy atom. The van der Waals surface area contributed by atoms with Gasteiger partial charge < -0.3 is 15.1 Å². The van der Waals surface area contributed by atoms with E-state index in [-0.39, 0.29) is 13.2 Å². The van der Waals surface area contributed by atoms with Crippen molar-refractivity contribution >= 4 is 5.69 Å². The summed E-state index contributed by atoms with van der Waals surface area (Å²) in [5.41, 5.74) is 2.28. The molecule has 0 bridgehead atoms. The largest absolute Gasteiger partial charge is 0.396 e. The molecule has 3 nitrogen and oxygen atoms in total. The molecule has 0 spiro atoms. The van der Waals surface area contributed by atoms with Crippen LogP contribution in [0.3, 0.4) is 0 Å². The van der Waals surface area contributed by atoms with Crippen LogP contribution in [0.25, 0.3) is 0 Å². The van der Waals surface area contributed by atoms with Crippen LogP contribution in [-0.4, -0.2) is 36.5 Å². The summed E-state index contributed by atoms with van der Waals surface area (Å²) in [5, 5.41) is 18.1. The van der Waals surface area contributed by atoms with Gasteiger partial charge in [0.2, 0.25) is 0 Å². The number of para-hydroxylation sites is 1. The van der Waals surface area contributed by atoms with Gasteiger partial charge in [0.05, 0.1) is 6.61 Å². The first-order chi connectivity index (χ1) is 7.83. The van der Waals surface area contributed by atoms with Crippen molar-refractivity contribution in [2.45, 2.75) is 19.8 Å². The molecule has 0 atom stereocenters. The van der Waals surface area contributed by atoms with E-state index >= 15 is 0 Å². The maximum absolute atomic E-state index is 9.05. The fourth-order valence-electron chi connectivity index (χ4n) is 1.89. The van der Waals surface area contributed by atoms with E-state index in [9.17, 15) is 0 Å². The maximum Gasteiger partial charge on any atom is 0.0606 e. The van der Waals surface area contributed by atoms with Crippen LogP contribution in [0.1, 0.15) is 18.9 Å². The summed E-state index contributed by atoms with van der Waals surface area (Å²) >= 11 is 0. The Kier molecular flexibility index (Phi) is 5.90. The van der Waals surface area contributed by atoms with Gasteiger partial charge in [0.25, 0.3) is 0 Å². The molecule has 0 amide bonds. The van der Waals surface area contributed by atoms with E-state index in [2.05, 4.69) is 17.9 Å². The number of aliphatic hydroxyl groups excluding tert-OH is 2. The average Bonchev–Trinajstić information content (AvgIpc) is 2.30. The summed E-state index contributed by atoms with van der Waals surface area (Å²) in [5.74, 6) is 0. The van der Waals surface area contributed by atoms with Crippen molar-refractivity contribution in [3.8, 4) is 0 Å². The summed E-state index contributed by atoms with van der Waals surface area (Å²) in [7, 11) is 0. The standard InChI is InChI=1S/C13H21NO2/c1-2-8-14(9-11-16)13-6-4-3-5-12(13)7-10-15/h3-6,15-16H,2,7-11H2,1H3. The van der Waals surface area contributed by atoms with Crippen LogP contribution >= 0.6 is 0 Å². The molecule has 0 fully saturated rings. The van der Waals surface area contributed by atoms with Crippen LogP contribution < -0.4 is 4.90 Å². The minimum atomic E-state index is 0.160. The lowest BCUT2D eigenvalue weighted by Crippen LogP contribution is -2.28. The zero-order valence-corrected chi connectivity index (χ0v) is 9.89. The van der Waals surface area contributed by atoms with E-state index in [1.165, 1.54) is 0 Å². The molecule has 0 radical (unpaired) electrons. The SMILES string of the molecule is CCCN(CCO)c1ccccc1CCO. The van der Waals surface area contributed by atoms with Crippen molar-refractivity contribution in [2.24, 2.45) is 0 Å². The van der Waals surface area contributed by atoms with E-state index < -0.39 is 0 Å². The van der Waals surface area contributed by atoms with Gasteiger partial charge in [-0.3, -0.25) is 0 Å². The highest BCUT2D eigenvalue weighted by Crippen LogP contribution is 2.20. The molecule has 3 heteroatoms. The van der Waals surface area contributed by atoms with E-state index in [0.29, 0.717) is 13.0 Å². The van der Waals surface area contributed by atoms with E-state index in [1.54, 1.807) is 0 Å². The Hall–Kier alpha value is -1.06. The minimum Gasteiger partial charge on any atom is -0.396 e. The van der Waals surface area contributed by atoms with Crippen molar-refractivity contribution < 1.29 is 10.2 Å². The van der Waals surface area contributed by atoms with Crippen LogP contribution in [0.2, 0.25) is 0 Å². The lowest BCUT2D eigenvalue weighted by molar-refractivity contribution is 0.298. The third-order valence-electron chi connectivity index (χ3n) is 2.58. The molecule has 1 rings (SSSR count). The number of anilines is 1. The second-order valence-corrected chi connectivity index (χ2v) is 3.81. The maximum atomic E-state index is 9.05. The lowest BCUT2D eigenvalue weighted by Gasteiger charge is -2.25. The zero-order valence-electron chi connectivity index (χ0n) is 9.89. The summed E-state index contributed by atoms with van der Waals surface area (Å²) in [6, 6.07) is 8.07. The van der Waals surface area contributed by atoms with Gasteiger partial charge in [0, 0.05) is 25.4 Å². The number of hydrogen-bond donors (Lipinski definition) is 2. The van der Waals surface area contributed by atoms with Crippen molar-refractivity contribution in [1.82, 2.24) is 0 Å². The highest BCUT2D eigenvalue weighted by molar-refractivity contribution is 5.53. The molecule has 0 saturated carbocycles. The summed E-state index contributed by atoms with van der Waals surface area (Å²) < 4.78 is 0. The molecule has 1 aromatic carbocycles. The minimum absolute atomic E-state index is 0.160. The Labute approximate surface area is 97.3 Å². The van der Waals surface area contributed by atoms with Crippen molar-refractivity contribution in [2.75, 3.05) is 31.2 Å². The van der Waals surface area contributed by atoms with Gasteiger partial charge in [0.1, 0.15) is 0 Å². The van der Waals surface area contributed by atoms with Crippen molar-refractivity contribution in [3.05, 3.63) is 29.8 Å². The lowest BCUT2D eigenvalue weighted by atomic mass is 10.1. The van der Waals surface area contributed by atoms with Gasteiger partial charge in [-0.1, -0.05) is 25.1 Å². The monoisotopic (exact) mass is 223 g/mol. The molecule has 16 heavy (non-hydrogen) atoms. The van der Waals surface area contributed by atoms with Crippen LogP contribution in [0.15, 0.2) is 24.3 Å². The molecule has 0 aliphatic heterocycles. The fraction of sp³-hybridized carbons (Fsp3) is 0.538. The molecular weight excluding hydrogens is 202 g/mol. The van der Waals surface area contributed by atoms with Crippen LogP contribution in [0.4, 0.5) is 5.69 Å². The van der Waals surface area contributed by atoms with Gasteiger partial charge in [-0.05, 0) is 24.5 Å². The Bertz CT molecular complexity index is 296. The molecule has 0 aliphatic carbocycles. The number of rotatable bonds is 7. The molecular formula is C13H21NO2. The molecule has 1 aromatic rings. The second kappa shape index (κ2) is 7.25. The van der Waals surface area contributed by atoms with Crippen molar-refractivity contribution in [3.63, 3.8) is 0 Å². The Balaban J connectivity index is 2.87. The van der Waals surface area contributed by atoms with Gasteiger partial charge in [-0.25, -0.2) is 0 Å². The van der Waals surface area contributed by atoms with Gasteiger partial charge >= 0.3 is 0 Å². The van der Waals surface area contributed by atoms with Crippen LogP contribution in [-0.2, 0) is 6.42 Å². The quantitative estimate of drug-likeness (QED) is 0.735. The third kappa shape index (κ3) is 3.51. The van der Waals surface area contributed by atoms with Gasteiger partial charge in [0.15, 0.2) is 0 Å². The van der Waals surface area contributed by atoms with Gasteiger partial charge in [-0.2, -0.15) is 0 Å². The van der Waals surface area contributed by atoms with Crippen LogP contribution in [0.5, 0.6) is 0 Å². The molecule has 0 aromatic heterocycles. The highest BCUT2D eigenvalue weighted by atomic mass is 16.3. The normalized spacial score (nSPS) is 10.4. The average molecular weight is 223 g/mol. The predicted molar refractivity (Wildman–Crippen MR) is 66.8 cm³/mol. The summed E-state index contributed by atoms with van der Waals surface area (Å²) in [6.07, 6.45) is 1.72. The Morgan fingerprint density at radius 2 is 1.81 bits per heavy atom. The fourth-order valence-corrected chi connectivity index (χ4v) is 1.89. The smallest absolute Gasteiger partial charge is 0.0606 e. The Morgan fingerprint density at radius 3 is 2.44 bits per heavy atom. The third-order valence-corrected chi connectivity index (χ3v) is 2.58. The molecule has 0 saturated heterocycles. The highest BCUT2D eigenvalue weighted by Gasteiger charge is 2.08. The van der Waals surface area contributed by atoms with Gasteiger partial charge in [-0.15, -0.1) is 0 Å². The van der Waals surface area contributed by atoms with Crippen LogP contribution in [0, 0.1) is 0 Å². The first kappa shape index (κ1) is 13.0. The van der Waals surface area contributed by atoms with E-state index in [0.717, 1.165) is 24.2 Å².